The minimum atomic E-state index is -0.313. The lowest BCUT2D eigenvalue weighted by Crippen LogP contribution is -2.05. The van der Waals surface area contributed by atoms with Crippen LogP contribution in [0.1, 0.15) is 38.8 Å². The van der Waals surface area contributed by atoms with E-state index in [1.54, 1.807) is 25.3 Å². The zero-order valence-electron chi connectivity index (χ0n) is 12.2. The molecule has 0 atom stereocenters. The van der Waals surface area contributed by atoms with Gasteiger partial charge in [0.25, 0.3) is 0 Å². The zero-order valence-corrected chi connectivity index (χ0v) is 12.2. The normalized spacial score (nSPS) is 12.7. The first-order valence-electron chi connectivity index (χ1n) is 6.73. The van der Waals surface area contributed by atoms with Gasteiger partial charge in [0.2, 0.25) is 0 Å². The second-order valence-corrected chi connectivity index (χ2v) is 5.06. The molecule has 112 valence electrons. The second-order valence-electron chi connectivity index (χ2n) is 5.06. The van der Waals surface area contributed by atoms with Gasteiger partial charge in [0.1, 0.15) is 23.9 Å². The first-order valence-corrected chi connectivity index (χ1v) is 6.73. The number of carbonyl (C=O) groups excluding carboxylic acids is 2. The van der Waals surface area contributed by atoms with Crippen LogP contribution in [0.25, 0.3) is 0 Å². The Bertz CT molecular complexity index is 792. The number of aromatic hydroxyl groups is 1. The fourth-order valence-electron chi connectivity index (χ4n) is 2.49. The molecule has 5 heteroatoms. The van der Waals surface area contributed by atoms with Crippen molar-refractivity contribution in [3.8, 4) is 17.2 Å². The summed E-state index contributed by atoms with van der Waals surface area (Å²) < 4.78 is 10.8. The van der Waals surface area contributed by atoms with Crippen molar-refractivity contribution in [2.24, 2.45) is 0 Å². The third-order valence-corrected chi connectivity index (χ3v) is 3.66. The Morgan fingerprint density at radius 3 is 2.68 bits per heavy atom. The molecular formula is C17H14O5. The predicted octanol–water partition coefficient (Wildman–Crippen LogP) is 2.73. The summed E-state index contributed by atoms with van der Waals surface area (Å²) in [7, 11) is 1.55. The number of phenolic OH excluding ortho intramolecular Hbond substituents is 1. The molecule has 0 aliphatic carbocycles. The van der Waals surface area contributed by atoms with Crippen LogP contribution in [0.5, 0.6) is 17.2 Å². The lowest BCUT2D eigenvalue weighted by atomic mass is 9.96. The van der Waals surface area contributed by atoms with Crippen molar-refractivity contribution in [1.82, 2.24) is 0 Å². The number of fused-ring (bicyclic) bond motifs is 2. The van der Waals surface area contributed by atoms with Crippen LogP contribution in [0.2, 0.25) is 0 Å². The molecule has 1 heterocycles. The molecule has 0 unspecified atom stereocenters. The van der Waals surface area contributed by atoms with E-state index >= 15 is 0 Å². The van der Waals surface area contributed by atoms with Crippen LogP contribution in [0.3, 0.4) is 0 Å². The van der Waals surface area contributed by atoms with Crippen molar-refractivity contribution in [1.29, 1.82) is 0 Å². The van der Waals surface area contributed by atoms with Gasteiger partial charge < -0.3 is 14.6 Å². The number of hydrogen-bond acceptors (Lipinski definition) is 5. The van der Waals surface area contributed by atoms with Crippen molar-refractivity contribution in [2.45, 2.75) is 13.5 Å². The number of ketones is 2. The van der Waals surface area contributed by atoms with Crippen molar-refractivity contribution in [2.75, 3.05) is 7.11 Å². The molecule has 5 nitrogen and oxygen atoms in total. The number of carbonyl (C=O) groups is 2. The van der Waals surface area contributed by atoms with Gasteiger partial charge >= 0.3 is 0 Å². The minimum absolute atomic E-state index is 0.104. The van der Waals surface area contributed by atoms with E-state index in [4.69, 9.17) is 9.47 Å². The topological polar surface area (TPSA) is 72.8 Å². The number of benzene rings is 2. The number of ether oxygens (including phenoxy) is 2. The molecule has 0 saturated heterocycles. The van der Waals surface area contributed by atoms with Crippen molar-refractivity contribution >= 4 is 11.6 Å². The molecule has 0 bridgehead atoms. The summed E-state index contributed by atoms with van der Waals surface area (Å²) in [4.78, 5) is 24.2. The van der Waals surface area contributed by atoms with Crippen molar-refractivity contribution < 1.29 is 24.2 Å². The van der Waals surface area contributed by atoms with Crippen LogP contribution in [0, 0.1) is 0 Å². The Balaban J connectivity index is 2.16. The highest BCUT2D eigenvalue weighted by atomic mass is 16.5. The monoisotopic (exact) mass is 298 g/mol. The molecule has 1 aliphatic heterocycles. The maximum Gasteiger partial charge on any atom is 0.197 e. The van der Waals surface area contributed by atoms with E-state index in [0.717, 1.165) is 0 Å². The average Bonchev–Trinajstić information content (AvgIpc) is 2.63. The van der Waals surface area contributed by atoms with Gasteiger partial charge in [-0.1, -0.05) is 0 Å². The Kier molecular flexibility index (Phi) is 3.33. The lowest BCUT2D eigenvalue weighted by molar-refractivity contribution is 0.101. The highest BCUT2D eigenvalue weighted by molar-refractivity contribution is 6.13. The van der Waals surface area contributed by atoms with E-state index in [0.29, 0.717) is 16.9 Å². The molecule has 1 aliphatic rings. The third-order valence-electron chi connectivity index (χ3n) is 3.66. The Morgan fingerprint density at radius 2 is 2.00 bits per heavy atom. The quantitative estimate of drug-likeness (QED) is 0.863. The van der Waals surface area contributed by atoms with Gasteiger partial charge in [-0.15, -0.1) is 0 Å². The van der Waals surface area contributed by atoms with Gasteiger partial charge in [0.05, 0.1) is 18.2 Å². The molecule has 3 rings (SSSR count). The van der Waals surface area contributed by atoms with E-state index in [9.17, 15) is 14.7 Å². The lowest BCUT2D eigenvalue weighted by Gasteiger charge is -2.09. The second kappa shape index (κ2) is 5.18. The molecule has 0 radical (unpaired) electrons. The molecule has 1 N–H and O–H groups in total. The maximum atomic E-state index is 12.7. The highest BCUT2D eigenvalue weighted by Gasteiger charge is 2.25. The largest absolute Gasteiger partial charge is 0.507 e. The van der Waals surface area contributed by atoms with Crippen LogP contribution in [0.4, 0.5) is 0 Å². The predicted molar refractivity (Wildman–Crippen MR) is 78.9 cm³/mol. The Hall–Kier alpha value is -2.82. The van der Waals surface area contributed by atoms with E-state index in [-0.39, 0.29) is 40.8 Å². The zero-order chi connectivity index (χ0) is 15.9. The van der Waals surface area contributed by atoms with Gasteiger partial charge in [-0.2, -0.15) is 0 Å². The van der Waals surface area contributed by atoms with Crippen LogP contribution >= 0.6 is 0 Å². The summed E-state index contributed by atoms with van der Waals surface area (Å²) in [6, 6.07) is 7.82. The highest BCUT2D eigenvalue weighted by Crippen LogP contribution is 2.34. The maximum absolute atomic E-state index is 12.7. The molecule has 0 saturated carbocycles. The molecule has 2 aromatic carbocycles. The summed E-state index contributed by atoms with van der Waals surface area (Å²) in [6.45, 7) is 1.52. The molecule has 0 fully saturated rings. The van der Waals surface area contributed by atoms with Gasteiger partial charge in [-0.25, -0.2) is 0 Å². The minimum Gasteiger partial charge on any atom is -0.507 e. The standard InChI is InChI=1S/C17H14O5/c1-9(18)13-6-14-16(7-15(13)19)22-8-10-5-11(21-2)3-4-12(10)17(14)20/h3-7,19H,8H2,1-2H3. The molecular weight excluding hydrogens is 284 g/mol. The Labute approximate surface area is 127 Å². The summed E-state index contributed by atoms with van der Waals surface area (Å²) in [5.41, 5.74) is 1.57. The number of methoxy groups -OCH3 is 1. The summed E-state index contributed by atoms with van der Waals surface area (Å²) in [5.74, 6) is 0.151. The summed E-state index contributed by atoms with van der Waals surface area (Å²) in [6.07, 6.45) is 0. The van der Waals surface area contributed by atoms with E-state index < -0.39 is 0 Å². The van der Waals surface area contributed by atoms with Crippen LogP contribution < -0.4 is 9.47 Å². The van der Waals surface area contributed by atoms with Crippen LogP contribution in [-0.4, -0.2) is 23.8 Å². The fraction of sp³-hybridized carbons (Fsp3) is 0.176. The number of hydrogen-bond donors (Lipinski definition) is 1. The smallest absolute Gasteiger partial charge is 0.197 e. The Morgan fingerprint density at radius 1 is 1.23 bits per heavy atom. The summed E-state index contributed by atoms with van der Waals surface area (Å²) >= 11 is 0. The van der Waals surface area contributed by atoms with Crippen LogP contribution in [-0.2, 0) is 6.61 Å². The molecule has 0 aromatic heterocycles. The SMILES string of the molecule is COc1ccc2c(c1)COc1cc(O)c(C(C)=O)cc1C2=O. The van der Waals surface area contributed by atoms with Crippen molar-refractivity contribution in [3.63, 3.8) is 0 Å². The number of phenols is 1. The average molecular weight is 298 g/mol. The first kappa shape index (κ1) is 14.1. The van der Waals surface area contributed by atoms with E-state index in [1.165, 1.54) is 19.1 Å². The van der Waals surface area contributed by atoms with Crippen LogP contribution in [0.15, 0.2) is 30.3 Å². The fourth-order valence-corrected chi connectivity index (χ4v) is 2.49. The van der Waals surface area contributed by atoms with Crippen molar-refractivity contribution in [3.05, 3.63) is 52.6 Å². The molecule has 2 aromatic rings. The first-order chi connectivity index (χ1) is 10.5. The number of rotatable bonds is 2. The van der Waals surface area contributed by atoms with E-state index in [1.807, 2.05) is 0 Å². The number of Topliss-reactive ketones (excluding diaryl/α,β-unsaturated/α-hetero) is 1. The molecule has 0 spiro atoms. The van der Waals surface area contributed by atoms with Gasteiger partial charge in [-0.3, -0.25) is 9.59 Å². The van der Waals surface area contributed by atoms with Gasteiger partial charge in [0, 0.05) is 17.2 Å². The van der Waals surface area contributed by atoms with Gasteiger partial charge in [-0.05, 0) is 31.2 Å². The molecule has 0 amide bonds. The van der Waals surface area contributed by atoms with E-state index in [2.05, 4.69) is 0 Å². The van der Waals surface area contributed by atoms with Gasteiger partial charge in [0.15, 0.2) is 11.6 Å². The third kappa shape index (κ3) is 2.20. The molecule has 22 heavy (non-hydrogen) atoms. The summed E-state index contributed by atoms with van der Waals surface area (Å²) in [5, 5.41) is 9.88.